The van der Waals surface area contributed by atoms with Gasteiger partial charge >= 0.3 is 0 Å². The van der Waals surface area contributed by atoms with E-state index in [1.54, 1.807) is 0 Å². The number of hydrogen-bond donors (Lipinski definition) is 2. The minimum absolute atomic E-state index is 0.336. The average Bonchev–Trinajstić information content (AvgIpc) is 2.65. The van der Waals surface area contributed by atoms with Gasteiger partial charge in [0, 0.05) is 5.69 Å². The largest absolute Gasteiger partial charge is 0.437 e. The third-order valence-electron chi connectivity index (χ3n) is 3.84. The zero-order valence-corrected chi connectivity index (χ0v) is 14.3. The smallest absolute Gasteiger partial charge is 0.248 e. The van der Waals surface area contributed by atoms with E-state index in [1.165, 1.54) is 24.7 Å². The molecule has 128 valence electrons. The summed E-state index contributed by atoms with van der Waals surface area (Å²) in [6.07, 6.45) is 4.93. The van der Waals surface area contributed by atoms with Gasteiger partial charge in [0.25, 0.3) is 0 Å². The van der Waals surface area contributed by atoms with Crippen LogP contribution < -0.4 is 15.8 Å². The predicted molar refractivity (Wildman–Crippen MR) is 101 cm³/mol. The number of nitrogens with one attached hydrogen (secondary N) is 1. The maximum Gasteiger partial charge on any atom is 0.248 e. The lowest BCUT2D eigenvalue weighted by Crippen LogP contribution is -2.03. The number of aromatic nitrogens is 2. The van der Waals surface area contributed by atoms with Crippen LogP contribution in [-0.4, -0.2) is 9.97 Å². The number of aryl methyl sites for hydroxylation is 1. The molecule has 0 aliphatic rings. The van der Waals surface area contributed by atoms with Crippen LogP contribution in [0.25, 0.3) is 0 Å². The van der Waals surface area contributed by atoms with Gasteiger partial charge in [-0.25, -0.2) is 4.98 Å². The number of nitrogen functional groups attached to an aromatic ring is 1. The van der Waals surface area contributed by atoms with E-state index in [0.29, 0.717) is 23.1 Å². The van der Waals surface area contributed by atoms with E-state index >= 15 is 0 Å². The number of para-hydroxylation sites is 1. The molecule has 0 spiro atoms. The van der Waals surface area contributed by atoms with Crippen LogP contribution in [0.2, 0.25) is 0 Å². The normalized spacial score (nSPS) is 10.4. The Labute approximate surface area is 147 Å². The Kier molecular flexibility index (Phi) is 5.46. The lowest BCUT2D eigenvalue weighted by Gasteiger charge is -2.12. The number of ether oxygens (including phenoxy) is 1. The second-order valence-corrected chi connectivity index (χ2v) is 5.78. The zero-order chi connectivity index (χ0) is 17.5. The quantitative estimate of drug-likeness (QED) is 0.640. The molecule has 25 heavy (non-hydrogen) atoms. The monoisotopic (exact) mass is 334 g/mol. The molecule has 0 saturated carbocycles. The summed E-state index contributed by atoms with van der Waals surface area (Å²) in [5.41, 5.74) is 8.80. The van der Waals surface area contributed by atoms with Gasteiger partial charge in [-0.05, 0) is 42.7 Å². The molecule has 0 bridgehead atoms. The summed E-state index contributed by atoms with van der Waals surface area (Å²) >= 11 is 0. The summed E-state index contributed by atoms with van der Waals surface area (Å²) in [6, 6.07) is 17.7. The van der Waals surface area contributed by atoms with Gasteiger partial charge in [0.05, 0.1) is 0 Å². The highest BCUT2D eigenvalue weighted by Gasteiger charge is 2.10. The van der Waals surface area contributed by atoms with Crippen LogP contribution in [0.15, 0.2) is 60.9 Å². The molecule has 1 aromatic heterocycles. The van der Waals surface area contributed by atoms with E-state index < -0.39 is 0 Å². The van der Waals surface area contributed by atoms with Crippen molar-refractivity contribution in [2.24, 2.45) is 0 Å². The number of unbranched alkanes of at least 4 members (excludes halogenated alkanes) is 1. The molecule has 5 nitrogen and oxygen atoms in total. The highest BCUT2D eigenvalue weighted by molar-refractivity contribution is 5.72. The van der Waals surface area contributed by atoms with Crippen LogP contribution in [0.3, 0.4) is 0 Å². The Morgan fingerprint density at radius 2 is 1.76 bits per heavy atom. The van der Waals surface area contributed by atoms with Gasteiger partial charge in [-0.15, -0.1) is 0 Å². The first-order valence-electron chi connectivity index (χ1n) is 8.45. The van der Waals surface area contributed by atoms with E-state index in [4.69, 9.17) is 10.5 Å². The van der Waals surface area contributed by atoms with Crippen molar-refractivity contribution >= 4 is 17.2 Å². The highest BCUT2D eigenvalue weighted by Crippen LogP contribution is 2.30. The maximum atomic E-state index is 6.16. The Bertz CT molecular complexity index is 804. The van der Waals surface area contributed by atoms with Gasteiger partial charge in [0.1, 0.15) is 17.8 Å². The first-order chi connectivity index (χ1) is 12.3. The van der Waals surface area contributed by atoms with Crippen molar-refractivity contribution in [3.8, 4) is 11.6 Å². The van der Waals surface area contributed by atoms with Crippen molar-refractivity contribution in [3.63, 3.8) is 0 Å². The lowest BCUT2D eigenvalue weighted by atomic mass is 10.1. The van der Waals surface area contributed by atoms with Crippen molar-refractivity contribution in [2.45, 2.75) is 26.2 Å². The summed E-state index contributed by atoms with van der Waals surface area (Å²) in [6.45, 7) is 2.20. The van der Waals surface area contributed by atoms with Crippen LogP contribution in [0, 0.1) is 0 Å². The number of nitrogens with two attached hydrogens (primary N) is 1. The van der Waals surface area contributed by atoms with Crippen LogP contribution >= 0.6 is 0 Å². The van der Waals surface area contributed by atoms with Crippen molar-refractivity contribution in [2.75, 3.05) is 11.1 Å². The van der Waals surface area contributed by atoms with E-state index in [-0.39, 0.29) is 0 Å². The van der Waals surface area contributed by atoms with E-state index in [1.807, 2.05) is 42.5 Å². The lowest BCUT2D eigenvalue weighted by molar-refractivity contribution is 0.464. The Balaban J connectivity index is 1.73. The van der Waals surface area contributed by atoms with Gasteiger partial charge in [-0.1, -0.05) is 43.7 Å². The average molecular weight is 334 g/mol. The second-order valence-electron chi connectivity index (χ2n) is 5.78. The van der Waals surface area contributed by atoms with E-state index in [0.717, 1.165) is 12.1 Å². The molecule has 0 atom stereocenters. The molecule has 5 heteroatoms. The molecule has 3 aromatic rings. The minimum Gasteiger partial charge on any atom is -0.437 e. The minimum atomic E-state index is 0.336. The molecule has 0 aliphatic heterocycles. The van der Waals surface area contributed by atoms with Crippen LogP contribution in [-0.2, 0) is 6.42 Å². The third-order valence-corrected chi connectivity index (χ3v) is 3.84. The maximum absolute atomic E-state index is 6.16. The van der Waals surface area contributed by atoms with Crippen molar-refractivity contribution < 1.29 is 4.74 Å². The fraction of sp³-hybridized carbons (Fsp3) is 0.200. The summed E-state index contributed by atoms with van der Waals surface area (Å²) in [5, 5.41) is 3.23. The van der Waals surface area contributed by atoms with Crippen LogP contribution in [0.4, 0.5) is 17.2 Å². The molecule has 0 amide bonds. The molecule has 3 rings (SSSR count). The van der Waals surface area contributed by atoms with Crippen LogP contribution in [0.1, 0.15) is 25.3 Å². The second kappa shape index (κ2) is 8.15. The fourth-order valence-electron chi connectivity index (χ4n) is 2.43. The first-order valence-corrected chi connectivity index (χ1v) is 8.45. The SMILES string of the molecule is CCCCc1ccc(Nc2ncnc(Oc3ccccc3)c2N)cc1. The number of nitrogens with zero attached hydrogens (tertiary/aromatic N) is 2. The molecule has 0 unspecified atom stereocenters. The van der Waals surface area contributed by atoms with Gasteiger partial charge in [-0.2, -0.15) is 4.98 Å². The molecule has 1 heterocycles. The predicted octanol–water partition coefficient (Wildman–Crippen LogP) is 4.94. The standard InChI is InChI=1S/C20H22N4O/c1-2-3-7-15-10-12-16(13-11-15)24-19-18(21)20(23-14-22-19)25-17-8-5-4-6-9-17/h4-6,8-14H,2-3,7,21H2,1H3,(H,22,23,24). The highest BCUT2D eigenvalue weighted by atomic mass is 16.5. The number of rotatable bonds is 7. The number of anilines is 3. The summed E-state index contributed by atoms with van der Waals surface area (Å²) in [5.74, 6) is 1.55. The fourth-order valence-corrected chi connectivity index (χ4v) is 2.43. The molecule has 0 saturated heterocycles. The van der Waals surface area contributed by atoms with Crippen LogP contribution in [0.5, 0.6) is 11.6 Å². The topological polar surface area (TPSA) is 73.1 Å². The van der Waals surface area contributed by atoms with Gasteiger partial charge in [0.2, 0.25) is 5.88 Å². The zero-order valence-electron chi connectivity index (χ0n) is 14.3. The molecular formula is C20H22N4O. The first kappa shape index (κ1) is 16.8. The Morgan fingerprint density at radius 3 is 2.48 bits per heavy atom. The molecular weight excluding hydrogens is 312 g/mol. The van der Waals surface area contributed by atoms with Gasteiger partial charge in [0.15, 0.2) is 5.82 Å². The summed E-state index contributed by atoms with van der Waals surface area (Å²) in [7, 11) is 0. The van der Waals surface area contributed by atoms with Crippen molar-refractivity contribution in [1.29, 1.82) is 0 Å². The van der Waals surface area contributed by atoms with Crippen molar-refractivity contribution in [3.05, 3.63) is 66.5 Å². The number of hydrogen-bond acceptors (Lipinski definition) is 5. The Morgan fingerprint density at radius 1 is 1.00 bits per heavy atom. The van der Waals surface area contributed by atoms with E-state index in [9.17, 15) is 0 Å². The number of benzene rings is 2. The third kappa shape index (κ3) is 4.47. The van der Waals surface area contributed by atoms with Crippen molar-refractivity contribution in [1.82, 2.24) is 9.97 Å². The van der Waals surface area contributed by atoms with E-state index in [2.05, 4.69) is 34.3 Å². The molecule has 0 radical (unpaired) electrons. The van der Waals surface area contributed by atoms with Gasteiger partial charge in [-0.3, -0.25) is 0 Å². The molecule has 0 aliphatic carbocycles. The Hall–Kier alpha value is -3.08. The molecule has 2 aromatic carbocycles. The molecule has 0 fully saturated rings. The molecule has 3 N–H and O–H groups in total. The van der Waals surface area contributed by atoms with Gasteiger partial charge < -0.3 is 15.8 Å². The summed E-state index contributed by atoms with van der Waals surface area (Å²) < 4.78 is 5.73. The summed E-state index contributed by atoms with van der Waals surface area (Å²) in [4.78, 5) is 8.35.